The molecule has 3 aromatic carbocycles. The van der Waals surface area contributed by atoms with Gasteiger partial charge in [-0.05, 0) is 68.3 Å². The van der Waals surface area contributed by atoms with Crippen molar-refractivity contribution in [2.24, 2.45) is 4.99 Å². The van der Waals surface area contributed by atoms with Crippen molar-refractivity contribution in [2.75, 3.05) is 6.61 Å². The molecular weight excluding hydrogens is 520 g/mol. The van der Waals surface area contributed by atoms with E-state index in [0.717, 1.165) is 21.9 Å². The summed E-state index contributed by atoms with van der Waals surface area (Å²) in [5.41, 5.74) is 2.18. The van der Waals surface area contributed by atoms with Crippen LogP contribution in [0.4, 0.5) is 0 Å². The van der Waals surface area contributed by atoms with Crippen molar-refractivity contribution in [1.29, 1.82) is 0 Å². The number of hydrogen-bond donors (Lipinski definition) is 0. The van der Waals surface area contributed by atoms with Crippen molar-refractivity contribution in [1.82, 2.24) is 4.57 Å². The smallest absolute Gasteiger partial charge is 0.338 e. The van der Waals surface area contributed by atoms with Crippen molar-refractivity contribution in [3.05, 3.63) is 108 Å². The molecule has 6 nitrogen and oxygen atoms in total. The quantitative estimate of drug-likeness (QED) is 0.304. The molecule has 194 valence electrons. The molecule has 38 heavy (non-hydrogen) atoms. The van der Waals surface area contributed by atoms with E-state index in [0.29, 0.717) is 38.0 Å². The zero-order valence-electron chi connectivity index (χ0n) is 21.5. The zero-order valence-corrected chi connectivity index (χ0v) is 23.1. The van der Waals surface area contributed by atoms with Crippen molar-refractivity contribution in [3.8, 4) is 5.75 Å². The van der Waals surface area contributed by atoms with Crippen LogP contribution < -0.4 is 19.6 Å². The molecule has 1 aliphatic rings. The van der Waals surface area contributed by atoms with Gasteiger partial charge in [0.1, 0.15) is 5.75 Å². The molecule has 5 rings (SSSR count). The number of carbonyl (C=O) groups is 1. The van der Waals surface area contributed by atoms with Crippen LogP contribution in [0.3, 0.4) is 0 Å². The number of nitrogens with zero attached hydrogens (tertiary/aromatic N) is 2. The number of benzene rings is 3. The molecule has 1 atom stereocenters. The normalized spacial score (nSPS) is 15.5. The van der Waals surface area contributed by atoms with Crippen molar-refractivity contribution in [3.63, 3.8) is 0 Å². The minimum Gasteiger partial charge on any atom is -0.493 e. The summed E-state index contributed by atoms with van der Waals surface area (Å²) >= 11 is 7.44. The lowest BCUT2D eigenvalue weighted by atomic mass is 9.96. The van der Waals surface area contributed by atoms with Gasteiger partial charge >= 0.3 is 5.97 Å². The van der Waals surface area contributed by atoms with Crippen molar-refractivity contribution < 1.29 is 14.3 Å². The van der Waals surface area contributed by atoms with Gasteiger partial charge in [0.05, 0.1) is 34.6 Å². The fourth-order valence-corrected chi connectivity index (χ4v) is 5.81. The number of rotatable bonds is 6. The molecule has 0 saturated heterocycles. The summed E-state index contributed by atoms with van der Waals surface area (Å²) in [5, 5.41) is 2.59. The van der Waals surface area contributed by atoms with Gasteiger partial charge in [-0.3, -0.25) is 9.36 Å². The minimum atomic E-state index is -0.698. The molecule has 0 fully saturated rings. The molecular formula is C30H27ClN2O4S. The first kappa shape index (κ1) is 25.9. The zero-order chi connectivity index (χ0) is 27.0. The second-order valence-electron chi connectivity index (χ2n) is 9.22. The van der Waals surface area contributed by atoms with Gasteiger partial charge in [-0.15, -0.1) is 0 Å². The third kappa shape index (κ3) is 4.79. The highest BCUT2D eigenvalue weighted by Gasteiger charge is 2.33. The van der Waals surface area contributed by atoms with E-state index >= 15 is 0 Å². The Balaban J connectivity index is 1.76. The lowest BCUT2D eigenvalue weighted by Gasteiger charge is -2.25. The molecule has 0 radical (unpaired) electrons. The van der Waals surface area contributed by atoms with Crippen LogP contribution in [0, 0.1) is 0 Å². The minimum absolute atomic E-state index is 0.244. The van der Waals surface area contributed by atoms with E-state index in [1.54, 1.807) is 37.5 Å². The number of fused-ring (bicyclic) bond motifs is 2. The summed E-state index contributed by atoms with van der Waals surface area (Å²) in [4.78, 5) is 32.4. The molecule has 0 spiro atoms. The number of hydrogen-bond acceptors (Lipinski definition) is 6. The second-order valence-corrected chi connectivity index (χ2v) is 10.7. The Bertz CT molecular complexity index is 1750. The van der Waals surface area contributed by atoms with E-state index < -0.39 is 12.0 Å². The van der Waals surface area contributed by atoms with Crippen LogP contribution in [0.25, 0.3) is 16.8 Å². The maximum Gasteiger partial charge on any atom is 0.338 e. The summed E-state index contributed by atoms with van der Waals surface area (Å²) in [6, 6.07) is 18.4. The average Bonchev–Trinajstić information content (AvgIpc) is 3.19. The summed E-state index contributed by atoms with van der Waals surface area (Å²) in [7, 11) is 0. The Labute approximate surface area is 229 Å². The summed E-state index contributed by atoms with van der Waals surface area (Å²) in [6.07, 6.45) is 1.54. The third-order valence-corrected chi connectivity index (χ3v) is 7.51. The number of halogens is 1. The molecule has 1 aromatic heterocycles. The third-order valence-electron chi connectivity index (χ3n) is 6.28. The maximum atomic E-state index is 14.0. The van der Waals surface area contributed by atoms with E-state index in [1.165, 1.54) is 11.3 Å². The molecule has 0 bridgehead atoms. The Morgan fingerprint density at radius 2 is 1.87 bits per heavy atom. The molecule has 2 heterocycles. The average molecular weight is 547 g/mol. The monoisotopic (exact) mass is 546 g/mol. The van der Waals surface area contributed by atoms with Crippen molar-refractivity contribution >= 4 is 45.8 Å². The standard InChI is InChI=1S/C30H27ClN2O4S/c1-5-36-24-15-12-19-8-6-7-9-22(19)23(24)16-25-28(34)33-27(20-10-13-21(31)14-11-20)26(29(35)37-17(2)3)18(4)32-30(33)38-25/h6-17,27H,5H2,1-4H3. The number of aromatic nitrogens is 1. The van der Waals surface area contributed by atoms with Crippen LogP contribution in [-0.2, 0) is 9.53 Å². The summed E-state index contributed by atoms with van der Waals surface area (Å²) in [5.74, 6) is 0.201. The first-order chi connectivity index (χ1) is 18.3. The highest BCUT2D eigenvalue weighted by atomic mass is 35.5. The van der Waals surface area contributed by atoms with E-state index in [2.05, 4.69) is 4.99 Å². The van der Waals surface area contributed by atoms with Gasteiger partial charge < -0.3 is 9.47 Å². The fourth-order valence-electron chi connectivity index (χ4n) is 4.66. The van der Waals surface area contributed by atoms with E-state index in [-0.39, 0.29) is 11.7 Å². The second kappa shape index (κ2) is 10.6. The number of ether oxygens (including phenoxy) is 2. The van der Waals surface area contributed by atoms with Crippen LogP contribution in [0.2, 0.25) is 5.02 Å². The van der Waals surface area contributed by atoms with E-state index in [9.17, 15) is 9.59 Å². The number of thiazole rings is 1. The summed E-state index contributed by atoms with van der Waals surface area (Å²) < 4.78 is 13.6. The van der Waals surface area contributed by atoms with Gasteiger partial charge in [0.15, 0.2) is 4.80 Å². The number of allylic oxidation sites excluding steroid dienone is 1. The van der Waals surface area contributed by atoms with E-state index in [1.807, 2.05) is 61.5 Å². The Kier molecular flexibility index (Phi) is 7.23. The first-order valence-corrected chi connectivity index (χ1v) is 13.6. The van der Waals surface area contributed by atoms with Crippen LogP contribution in [0.15, 0.2) is 81.7 Å². The van der Waals surface area contributed by atoms with Crippen LogP contribution in [0.5, 0.6) is 5.75 Å². The van der Waals surface area contributed by atoms with Gasteiger partial charge in [0, 0.05) is 10.6 Å². The SMILES string of the molecule is CCOc1ccc2ccccc2c1C=c1sc2n(c1=O)C(c1ccc(Cl)cc1)C(C(=O)OC(C)C)=C(C)N=2. The molecule has 1 unspecified atom stereocenters. The molecule has 4 aromatic rings. The van der Waals surface area contributed by atoms with Gasteiger partial charge in [0.25, 0.3) is 5.56 Å². The van der Waals surface area contributed by atoms with E-state index in [4.69, 9.17) is 21.1 Å². The fraction of sp³-hybridized carbons (Fsp3) is 0.233. The highest BCUT2D eigenvalue weighted by Crippen LogP contribution is 2.32. The lowest BCUT2D eigenvalue weighted by Crippen LogP contribution is -2.40. The number of carbonyl (C=O) groups excluding carboxylic acids is 1. The molecule has 0 N–H and O–H groups in total. The van der Waals surface area contributed by atoms with Gasteiger partial charge in [-0.2, -0.15) is 0 Å². The van der Waals surface area contributed by atoms with Crippen LogP contribution in [0.1, 0.15) is 44.9 Å². The molecule has 8 heteroatoms. The predicted octanol–water partition coefficient (Wildman–Crippen LogP) is 5.39. The maximum absolute atomic E-state index is 14.0. The first-order valence-electron chi connectivity index (χ1n) is 12.4. The predicted molar refractivity (Wildman–Crippen MR) is 152 cm³/mol. The highest BCUT2D eigenvalue weighted by molar-refractivity contribution is 7.07. The summed E-state index contributed by atoms with van der Waals surface area (Å²) in [6.45, 7) is 7.78. The Morgan fingerprint density at radius 3 is 2.58 bits per heavy atom. The topological polar surface area (TPSA) is 69.9 Å². The van der Waals surface area contributed by atoms with Gasteiger partial charge in [-0.25, -0.2) is 9.79 Å². The Hall–Kier alpha value is -3.68. The Morgan fingerprint density at radius 1 is 1.13 bits per heavy atom. The molecule has 1 aliphatic heterocycles. The van der Waals surface area contributed by atoms with Gasteiger partial charge in [-0.1, -0.05) is 65.4 Å². The number of esters is 1. The largest absolute Gasteiger partial charge is 0.493 e. The van der Waals surface area contributed by atoms with Crippen LogP contribution >= 0.6 is 22.9 Å². The van der Waals surface area contributed by atoms with Crippen molar-refractivity contribution in [2.45, 2.75) is 39.8 Å². The molecule has 0 amide bonds. The lowest BCUT2D eigenvalue weighted by molar-refractivity contribution is -0.143. The molecule has 0 aliphatic carbocycles. The molecule has 0 saturated carbocycles. The van der Waals surface area contributed by atoms with Crippen LogP contribution in [-0.4, -0.2) is 23.2 Å². The van der Waals surface area contributed by atoms with Gasteiger partial charge in [0.2, 0.25) is 0 Å².